The highest BCUT2D eigenvalue weighted by Crippen LogP contribution is 2.36. The quantitative estimate of drug-likeness (QED) is 0.334. The van der Waals surface area contributed by atoms with Gasteiger partial charge in [0.15, 0.2) is 5.65 Å². The summed E-state index contributed by atoms with van der Waals surface area (Å²) in [6, 6.07) is 16.9. The monoisotopic (exact) mass is 642 g/mol. The molecule has 0 spiro atoms. The van der Waals surface area contributed by atoms with Gasteiger partial charge in [-0.05, 0) is 57.7 Å². The van der Waals surface area contributed by atoms with Crippen molar-refractivity contribution in [1.29, 1.82) is 0 Å². The minimum absolute atomic E-state index is 0.0255. The van der Waals surface area contributed by atoms with Crippen LogP contribution in [0.25, 0.3) is 16.9 Å². The molecule has 47 heavy (non-hydrogen) atoms. The van der Waals surface area contributed by atoms with Crippen molar-refractivity contribution in [2.75, 3.05) is 33.3 Å². The van der Waals surface area contributed by atoms with Crippen LogP contribution < -0.4 is 10.3 Å². The van der Waals surface area contributed by atoms with Gasteiger partial charge in [-0.3, -0.25) is 18.7 Å². The SMILES string of the molecule is COc1cccc(-n2ccc3c(=O)n(CC4(O)CCN(C(=O)[C@@H]5CCN(C(=O)OC(C)(C)C)C[C@H]5c5ccccc5)CC4)cnc32)n1. The maximum absolute atomic E-state index is 14.0. The first-order valence-corrected chi connectivity index (χ1v) is 16.1. The van der Waals surface area contributed by atoms with E-state index in [0.717, 1.165) is 5.56 Å². The number of nitrogens with zero attached hydrogens (tertiary/aromatic N) is 6. The van der Waals surface area contributed by atoms with Crippen molar-refractivity contribution in [2.45, 2.75) is 63.7 Å². The minimum atomic E-state index is -1.17. The number of carbonyl (C=O) groups is 2. The van der Waals surface area contributed by atoms with E-state index in [1.807, 2.05) is 62.1 Å². The van der Waals surface area contributed by atoms with Gasteiger partial charge >= 0.3 is 6.09 Å². The van der Waals surface area contributed by atoms with E-state index in [-0.39, 0.29) is 35.9 Å². The second-order valence-electron chi connectivity index (χ2n) is 13.5. The number of aliphatic hydroxyl groups is 1. The van der Waals surface area contributed by atoms with Crippen LogP contribution in [0.1, 0.15) is 51.5 Å². The largest absolute Gasteiger partial charge is 0.481 e. The maximum atomic E-state index is 14.0. The van der Waals surface area contributed by atoms with Gasteiger partial charge in [0.1, 0.15) is 17.7 Å². The van der Waals surface area contributed by atoms with Gasteiger partial charge in [0.2, 0.25) is 11.8 Å². The molecular formula is C35H42N6O6. The lowest BCUT2D eigenvalue weighted by Gasteiger charge is -2.43. The van der Waals surface area contributed by atoms with E-state index in [2.05, 4.69) is 9.97 Å². The molecule has 5 heterocycles. The first-order valence-electron chi connectivity index (χ1n) is 16.1. The molecule has 12 nitrogen and oxygen atoms in total. The number of piperidine rings is 2. The highest BCUT2D eigenvalue weighted by Gasteiger charge is 2.42. The van der Waals surface area contributed by atoms with Gasteiger partial charge in [0.05, 0.1) is 24.6 Å². The van der Waals surface area contributed by atoms with Crippen molar-refractivity contribution in [3.63, 3.8) is 0 Å². The molecule has 1 aromatic carbocycles. The summed E-state index contributed by atoms with van der Waals surface area (Å²) in [6.45, 7) is 7.16. The van der Waals surface area contributed by atoms with Crippen LogP contribution in [0, 0.1) is 5.92 Å². The number of aromatic nitrogens is 4. The first kappa shape index (κ1) is 32.2. The van der Waals surface area contributed by atoms with Crippen LogP contribution in [0.15, 0.2) is 71.9 Å². The van der Waals surface area contributed by atoms with Gasteiger partial charge in [-0.15, -0.1) is 0 Å². The number of methoxy groups -OCH3 is 1. The number of pyridine rings is 1. The molecule has 2 aliphatic rings. The van der Waals surface area contributed by atoms with Crippen molar-refractivity contribution in [2.24, 2.45) is 5.92 Å². The number of hydrogen-bond donors (Lipinski definition) is 1. The fraction of sp³-hybridized carbons (Fsp3) is 0.457. The lowest BCUT2D eigenvalue weighted by atomic mass is 9.79. The smallest absolute Gasteiger partial charge is 0.410 e. The standard InChI is InChI=1S/C35H42N6O6/c1-34(2,3)47-33(44)39-17-13-25(27(21-39)24-9-6-5-7-10-24)31(42)38-19-15-35(45,16-20-38)22-40-23-36-30-26(32(40)43)14-18-41(30)28-11-8-12-29(37-28)46-4/h5-12,14,18,23,25,27,45H,13,15-17,19-22H2,1-4H3/t25-,27+/m1/s1. The lowest BCUT2D eigenvalue weighted by molar-refractivity contribution is -0.142. The zero-order chi connectivity index (χ0) is 33.3. The summed E-state index contributed by atoms with van der Waals surface area (Å²) in [5, 5.41) is 12.0. The molecule has 0 saturated carbocycles. The van der Waals surface area contributed by atoms with Crippen molar-refractivity contribution in [3.8, 4) is 11.7 Å². The molecule has 4 aromatic rings. The fourth-order valence-electron chi connectivity index (χ4n) is 6.63. The van der Waals surface area contributed by atoms with E-state index in [0.29, 0.717) is 68.2 Å². The molecule has 2 aliphatic heterocycles. The summed E-state index contributed by atoms with van der Waals surface area (Å²) in [7, 11) is 1.54. The molecule has 0 aliphatic carbocycles. The maximum Gasteiger partial charge on any atom is 0.410 e. The van der Waals surface area contributed by atoms with Crippen LogP contribution in [-0.2, 0) is 16.1 Å². The van der Waals surface area contributed by atoms with E-state index in [1.54, 1.807) is 41.0 Å². The molecule has 0 bridgehead atoms. The number of likely N-dealkylation sites (tertiary alicyclic amines) is 2. The fourth-order valence-corrected chi connectivity index (χ4v) is 6.63. The van der Waals surface area contributed by atoms with E-state index < -0.39 is 11.2 Å². The molecule has 12 heteroatoms. The third kappa shape index (κ3) is 6.87. The van der Waals surface area contributed by atoms with Gasteiger partial charge in [-0.25, -0.2) is 9.78 Å². The summed E-state index contributed by atoms with van der Waals surface area (Å²) in [6.07, 6.45) is 3.99. The van der Waals surface area contributed by atoms with Crippen molar-refractivity contribution < 1.29 is 24.2 Å². The third-order valence-corrected chi connectivity index (χ3v) is 9.11. The predicted molar refractivity (Wildman–Crippen MR) is 176 cm³/mol. The second kappa shape index (κ2) is 12.8. The van der Waals surface area contributed by atoms with Crippen LogP contribution in [-0.4, -0.2) is 90.5 Å². The average Bonchev–Trinajstić information content (AvgIpc) is 3.50. The molecule has 0 unspecified atom stereocenters. The Labute approximate surface area is 273 Å². The molecular weight excluding hydrogens is 600 g/mol. The Kier molecular flexibility index (Phi) is 8.80. The molecule has 1 N–H and O–H groups in total. The van der Waals surface area contributed by atoms with E-state index >= 15 is 0 Å². The first-order chi connectivity index (χ1) is 22.4. The Bertz CT molecular complexity index is 1800. The van der Waals surface area contributed by atoms with E-state index in [4.69, 9.17) is 9.47 Å². The Morgan fingerprint density at radius 3 is 2.45 bits per heavy atom. The van der Waals surface area contributed by atoms with Crippen molar-refractivity contribution >= 4 is 23.0 Å². The lowest BCUT2D eigenvalue weighted by Crippen LogP contribution is -2.53. The van der Waals surface area contributed by atoms with E-state index in [1.165, 1.54) is 10.9 Å². The molecule has 2 amide bonds. The van der Waals surface area contributed by atoms with Gasteiger partial charge < -0.3 is 24.4 Å². The Balaban J connectivity index is 1.14. The second-order valence-corrected chi connectivity index (χ2v) is 13.5. The minimum Gasteiger partial charge on any atom is -0.481 e. The molecule has 2 saturated heterocycles. The summed E-state index contributed by atoms with van der Waals surface area (Å²) in [5.74, 6) is 0.565. The summed E-state index contributed by atoms with van der Waals surface area (Å²) in [4.78, 5) is 52.9. The number of rotatable bonds is 6. The Hall–Kier alpha value is -4.71. The van der Waals surface area contributed by atoms with Gasteiger partial charge in [0.25, 0.3) is 5.56 Å². The molecule has 6 rings (SSSR count). The number of hydrogen-bond acceptors (Lipinski definition) is 8. The number of amides is 2. The molecule has 2 atom stereocenters. The van der Waals surface area contributed by atoms with Crippen LogP contribution in [0.3, 0.4) is 0 Å². The normalized spacial score (nSPS) is 19.9. The summed E-state index contributed by atoms with van der Waals surface area (Å²) >= 11 is 0. The van der Waals surface area contributed by atoms with Crippen LogP contribution in [0.4, 0.5) is 4.79 Å². The van der Waals surface area contributed by atoms with Crippen LogP contribution in [0.5, 0.6) is 5.88 Å². The van der Waals surface area contributed by atoms with Crippen molar-refractivity contribution in [1.82, 2.24) is 28.9 Å². The third-order valence-electron chi connectivity index (χ3n) is 9.11. The van der Waals surface area contributed by atoms with Gasteiger partial charge in [-0.2, -0.15) is 4.98 Å². The predicted octanol–water partition coefficient (Wildman–Crippen LogP) is 3.99. The van der Waals surface area contributed by atoms with Crippen LogP contribution >= 0.6 is 0 Å². The Morgan fingerprint density at radius 1 is 1.00 bits per heavy atom. The van der Waals surface area contributed by atoms with E-state index in [9.17, 15) is 19.5 Å². The molecule has 0 radical (unpaired) electrons. The molecule has 248 valence electrons. The number of benzene rings is 1. The number of carbonyl (C=O) groups excluding carboxylic acids is 2. The summed E-state index contributed by atoms with van der Waals surface area (Å²) in [5.41, 5.74) is -0.573. The molecule has 2 fully saturated rings. The summed E-state index contributed by atoms with van der Waals surface area (Å²) < 4.78 is 14.0. The Morgan fingerprint density at radius 2 is 1.74 bits per heavy atom. The average molecular weight is 643 g/mol. The zero-order valence-electron chi connectivity index (χ0n) is 27.3. The van der Waals surface area contributed by atoms with Gasteiger partial charge in [-0.1, -0.05) is 36.4 Å². The number of fused-ring (bicyclic) bond motifs is 1. The highest BCUT2D eigenvalue weighted by molar-refractivity contribution is 5.81. The van der Waals surface area contributed by atoms with Gasteiger partial charge in [0, 0.05) is 50.3 Å². The highest BCUT2D eigenvalue weighted by atomic mass is 16.6. The topological polar surface area (TPSA) is 132 Å². The van der Waals surface area contributed by atoms with Crippen molar-refractivity contribution in [3.05, 3.63) is 83.0 Å². The molecule has 3 aromatic heterocycles. The zero-order valence-corrected chi connectivity index (χ0v) is 27.3. The number of ether oxygens (including phenoxy) is 2. The van der Waals surface area contributed by atoms with Crippen LogP contribution in [0.2, 0.25) is 0 Å².